The summed E-state index contributed by atoms with van der Waals surface area (Å²) < 4.78 is 6.07. The summed E-state index contributed by atoms with van der Waals surface area (Å²) in [5.41, 5.74) is 1.76. The van der Waals surface area contributed by atoms with E-state index < -0.39 is 0 Å². The summed E-state index contributed by atoms with van der Waals surface area (Å²) in [6, 6.07) is 12.8. The lowest BCUT2D eigenvalue weighted by Crippen LogP contribution is -2.44. The van der Waals surface area contributed by atoms with Crippen LogP contribution in [-0.2, 0) is 0 Å². The third kappa shape index (κ3) is 3.00. The van der Waals surface area contributed by atoms with Crippen molar-refractivity contribution in [1.29, 1.82) is 0 Å². The van der Waals surface area contributed by atoms with Gasteiger partial charge >= 0.3 is 0 Å². The number of hydrogen-bond acceptors (Lipinski definition) is 3. The normalized spacial score (nSPS) is 15.5. The minimum Gasteiger partial charge on any atom is -0.450 e. The zero-order valence-electron chi connectivity index (χ0n) is 14.5. The molecular formula is C20H23ClN2O2. The number of hydrogen-bond donors (Lipinski definition) is 1. The van der Waals surface area contributed by atoms with E-state index in [4.69, 9.17) is 4.42 Å². The van der Waals surface area contributed by atoms with Crippen molar-refractivity contribution in [2.75, 3.05) is 20.1 Å². The second-order valence-electron chi connectivity index (χ2n) is 6.57. The fourth-order valence-electron chi connectivity index (χ4n) is 3.67. The number of fused-ring (bicyclic) bond motifs is 3. The Balaban J connectivity index is 0.00000182. The van der Waals surface area contributed by atoms with Gasteiger partial charge < -0.3 is 14.6 Å². The Bertz CT molecular complexity index is 911. The molecule has 4 nitrogen and oxygen atoms in total. The van der Waals surface area contributed by atoms with E-state index >= 15 is 0 Å². The summed E-state index contributed by atoms with van der Waals surface area (Å²) >= 11 is 0. The summed E-state index contributed by atoms with van der Waals surface area (Å²) in [4.78, 5) is 14.9. The Morgan fingerprint density at radius 2 is 1.84 bits per heavy atom. The molecule has 2 aromatic carbocycles. The predicted molar refractivity (Wildman–Crippen MR) is 104 cm³/mol. The van der Waals surface area contributed by atoms with Gasteiger partial charge in [-0.15, -0.1) is 12.4 Å². The first-order valence-electron chi connectivity index (χ1n) is 8.56. The Hall–Kier alpha value is -2.04. The molecule has 5 heteroatoms. The van der Waals surface area contributed by atoms with Gasteiger partial charge in [-0.2, -0.15) is 0 Å². The zero-order valence-corrected chi connectivity index (χ0v) is 15.4. The number of benzene rings is 2. The van der Waals surface area contributed by atoms with E-state index in [2.05, 4.69) is 23.5 Å². The van der Waals surface area contributed by atoms with Crippen molar-refractivity contribution in [3.63, 3.8) is 0 Å². The first-order chi connectivity index (χ1) is 11.7. The molecule has 0 radical (unpaired) electrons. The second kappa shape index (κ2) is 7.06. The maximum atomic E-state index is 12.9. The van der Waals surface area contributed by atoms with Gasteiger partial charge in [-0.25, -0.2) is 0 Å². The van der Waals surface area contributed by atoms with Crippen molar-refractivity contribution >= 4 is 40.1 Å². The third-order valence-electron chi connectivity index (χ3n) is 5.21. The number of furan rings is 1. The quantitative estimate of drug-likeness (QED) is 0.748. The Labute approximate surface area is 153 Å². The molecule has 1 aliphatic heterocycles. The molecule has 1 fully saturated rings. The van der Waals surface area contributed by atoms with Gasteiger partial charge in [0.25, 0.3) is 5.91 Å². The van der Waals surface area contributed by atoms with Crippen LogP contribution >= 0.6 is 12.4 Å². The van der Waals surface area contributed by atoms with Gasteiger partial charge in [0.05, 0.1) is 0 Å². The van der Waals surface area contributed by atoms with Gasteiger partial charge in [0, 0.05) is 35.5 Å². The topological polar surface area (TPSA) is 45.5 Å². The molecule has 132 valence electrons. The van der Waals surface area contributed by atoms with Crippen LogP contribution in [0.4, 0.5) is 0 Å². The van der Waals surface area contributed by atoms with E-state index in [1.54, 1.807) is 0 Å². The highest BCUT2D eigenvalue weighted by Gasteiger charge is 2.27. The van der Waals surface area contributed by atoms with E-state index in [9.17, 15) is 4.79 Å². The molecule has 0 aliphatic carbocycles. The van der Waals surface area contributed by atoms with Crippen LogP contribution in [0.5, 0.6) is 0 Å². The summed E-state index contributed by atoms with van der Waals surface area (Å²) in [5, 5.41) is 6.52. The first-order valence-corrected chi connectivity index (χ1v) is 8.56. The van der Waals surface area contributed by atoms with Crippen LogP contribution in [0.25, 0.3) is 21.7 Å². The highest BCUT2D eigenvalue weighted by Crippen LogP contribution is 2.32. The van der Waals surface area contributed by atoms with Gasteiger partial charge in [-0.3, -0.25) is 4.79 Å². The van der Waals surface area contributed by atoms with E-state index in [1.807, 2.05) is 37.1 Å². The lowest BCUT2D eigenvalue weighted by Gasteiger charge is -2.31. The average molecular weight is 359 g/mol. The number of amides is 1. The van der Waals surface area contributed by atoms with Gasteiger partial charge in [0.15, 0.2) is 5.76 Å². The number of likely N-dealkylation sites (tertiary alicyclic amines) is 1. The maximum Gasteiger partial charge on any atom is 0.289 e. The number of nitrogens with zero attached hydrogens (tertiary/aromatic N) is 1. The van der Waals surface area contributed by atoms with Crippen LogP contribution < -0.4 is 5.32 Å². The fourth-order valence-corrected chi connectivity index (χ4v) is 3.67. The average Bonchev–Trinajstić information content (AvgIpc) is 2.98. The van der Waals surface area contributed by atoms with Crippen molar-refractivity contribution in [2.24, 2.45) is 0 Å². The Morgan fingerprint density at radius 1 is 1.12 bits per heavy atom. The molecule has 0 unspecified atom stereocenters. The fraction of sp³-hybridized carbons (Fsp3) is 0.350. The molecule has 1 aliphatic rings. The second-order valence-corrected chi connectivity index (χ2v) is 6.57. The molecule has 1 amide bonds. The van der Waals surface area contributed by atoms with Crippen LogP contribution in [0.1, 0.15) is 29.0 Å². The molecular weight excluding hydrogens is 336 g/mol. The number of carbonyl (C=O) groups is 1. The van der Waals surface area contributed by atoms with Gasteiger partial charge in [0.2, 0.25) is 0 Å². The Kier molecular flexibility index (Phi) is 5.02. The third-order valence-corrected chi connectivity index (χ3v) is 5.21. The van der Waals surface area contributed by atoms with Crippen molar-refractivity contribution in [1.82, 2.24) is 10.2 Å². The maximum absolute atomic E-state index is 12.9. The van der Waals surface area contributed by atoms with Crippen LogP contribution in [0.3, 0.4) is 0 Å². The molecule has 0 spiro atoms. The number of nitrogens with one attached hydrogen (secondary N) is 1. The van der Waals surface area contributed by atoms with Crippen molar-refractivity contribution in [3.05, 3.63) is 47.7 Å². The molecule has 0 saturated carbocycles. The van der Waals surface area contributed by atoms with Gasteiger partial charge in [-0.1, -0.05) is 36.4 Å². The highest BCUT2D eigenvalue weighted by molar-refractivity contribution is 6.08. The monoisotopic (exact) mass is 358 g/mol. The van der Waals surface area contributed by atoms with Gasteiger partial charge in [-0.05, 0) is 32.2 Å². The van der Waals surface area contributed by atoms with E-state index in [0.717, 1.165) is 53.2 Å². The van der Waals surface area contributed by atoms with Crippen LogP contribution in [0.2, 0.25) is 0 Å². The largest absolute Gasteiger partial charge is 0.450 e. The lowest BCUT2D eigenvalue weighted by molar-refractivity contribution is 0.0676. The SMILES string of the molecule is CNC1CCN(C(=O)c2oc3c(ccc4ccccc43)c2C)CC1.Cl. The highest BCUT2D eigenvalue weighted by atomic mass is 35.5. The first kappa shape index (κ1) is 17.8. The molecule has 0 atom stereocenters. The van der Waals surface area contributed by atoms with Gasteiger partial charge in [0.1, 0.15) is 5.58 Å². The molecule has 1 saturated heterocycles. The van der Waals surface area contributed by atoms with E-state index in [0.29, 0.717) is 11.8 Å². The predicted octanol–water partition coefficient (Wildman–Crippen LogP) is 4.14. The molecule has 0 bridgehead atoms. The number of aryl methyl sites for hydroxylation is 1. The number of carbonyl (C=O) groups excluding carboxylic acids is 1. The van der Waals surface area contributed by atoms with Crippen molar-refractivity contribution in [3.8, 4) is 0 Å². The van der Waals surface area contributed by atoms with E-state index in [-0.39, 0.29) is 18.3 Å². The summed E-state index contributed by atoms with van der Waals surface area (Å²) in [7, 11) is 1.98. The summed E-state index contributed by atoms with van der Waals surface area (Å²) in [6.07, 6.45) is 1.98. The number of piperidine rings is 1. The van der Waals surface area contributed by atoms with E-state index in [1.165, 1.54) is 0 Å². The minimum atomic E-state index is 0. The summed E-state index contributed by atoms with van der Waals surface area (Å²) in [5.74, 6) is 0.506. The van der Waals surface area contributed by atoms with Crippen LogP contribution in [-0.4, -0.2) is 37.0 Å². The molecule has 1 N–H and O–H groups in total. The molecule has 4 rings (SSSR count). The number of halogens is 1. The van der Waals surface area contributed by atoms with Crippen LogP contribution in [0.15, 0.2) is 40.8 Å². The zero-order chi connectivity index (χ0) is 16.7. The Morgan fingerprint density at radius 3 is 2.56 bits per heavy atom. The molecule has 3 aromatic rings. The molecule has 2 heterocycles. The minimum absolute atomic E-state index is 0. The molecule has 1 aromatic heterocycles. The molecule has 25 heavy (non-hydrogen) atoms. The number of rotatable bonds is 2. The van der Waals surface area contributed by atoms with Crippen molar-refractivity contribution < 1.29 is 9.21 Å². The summed E-state index contributed by atoms with van der Waals surface area (Å²) in [6.45, 7) is 3.54. The lowest BCUT2D eigenvalue weighted by atomic mass is 10.0. The van der Waals surface area contributed by atoms with Crippen LogP contribution in [0, 0.1) is 6.92 Å². The standard InChI is InChI=1S/C20H22N2O2.ClH/c1-13-16-8-7-14-5-3-4-6-17(14)19(16)24-18(13)20(23)22-11-9-15(21-2)10-12-22;/h3-8,15,21H,9-12H2,1-2H3;1H. The van der Waals surface area contributed by atoms with Crippen molar-refractivity contribution in [2.45, 2.75) is 25.8 Å². The smallest absolute Gasteiger partial charge is 0.289 e.